The van der Waals surface area contributed by atoms with E-state index in [4.69, 9.17) is 0 Å². The van der Waals surface area contributed by atoms with Crippen molar-refractivity contribution in [3.8, 4) is 11.5 Å². The zero-order valence-corrected chi connectivity index (χ0v) is 20.1. The average molecular weight is 483 g/mol. The lowest BCUT2D eigenvalue weighted by atomic mass is 10.2. The van der Waals surface area contributed by atoms with Gasteiger partial charge in [-0.15, -0.1) is 0 Å². The molecule has 0 fully saturated rings. The Bertz CT molecular complexity index is 1200. The summed E-state index contributed by atoms with van der Waals surface area (Å²) in [5, 5.41) is 36.1. The van der Waals surface area contributed by atoms with Crippen LogP contribution in [0.15, 0.2) is 118 Å². The second-order valence-electron chi connectivity index (χ2n) is 8.35. The summed E-state index contributed by atoms with van der Waals surface area (Å²) in [4.78, 5) is 0. The molecule has 0 saturated carbocycles. The Morgan fingerprint density at radius 3 is 1.31 bits per heavy atom. The van der Waals surface area contributed by atoms with E-state index in [0.717, 1.165) is 50.4 Å². The lowest BCUT2D eigenvalue weighted by molar-refractivity contribution is -0.686. The van der Waals surface area contributed by atoms with Gasteiger partial charge in [0.25, 0.3) is 0 Å². The molecule has 0 aliphatic rings. The number of phenols is 2. The number of pyridine rings is 2. The van der Waals surface area contributed by atoms with Gasteiger partial charge in [-0.05, 0) is 96.6 Å². The molecule has 4 aromatic rings. The molecular formula is C28H30N6O2+2. The highest BCUT2D eigenvalue weighted by Crippen LogP contribution is 2.20. The Labute approximate surface area is 210 Å². The fourth-order valence-corrected chi connectivity index (χ4v) is 3.67. The third kappa shape index (κ3) is 7.53. The standard InChI is InChI=1S/C28H28N6O2/c35-25-15-11-23(12-16-25)29-31-27-9-3-7-21-33(27)19-5-1-2-6-20-34-22-8-4-10-28(34)32-30-24-13-17-26(36)18-14-24/h3-4,7-18,21-22H,1-2,5-6,19-20H2/p+2. The number of benzene rings is 2. The Balaban J connectivity index is 1.24. The molecule has 2 N–H and O–H groups in total. The van der Waals surface area contributed by atoms with Crippen molar-refractivity contribution in [2.24, 2.45) is 20.5 Å². The number of hydrogen-bond donors (Lipinski definition) is 2. The maximum atomic E-state index is 9.40. The van der Waals surface area contributed by atoms with Gasteiger partial charge in [-0.2, -0.15) is 0 Å². The minimum atomic E-state index is 0.212. The van der Waals surface area contributed by atoms with E-state index in [-0.39, 0.29) is 11.5 Å². The van der Waals surface area contributed by atoms with Crippen LogP contribution in [0.1, 0.15) is 25.7 Å². The normalized spacial score (nSPS) is 11.4. The molecule has 0 atom stereocenters. The van der Waals surface area contributed by atoms with E-state index in [0.29, 0.717) is 11.4 Å². The fourth-order valence-electron chi connectivity index (χ4n) is 3.67. The van der Waals surface area contributed by atoms with Crippen molar-refractivity contribution < 1.29 is 19.3 Å². The fraction of sp³-hybridized carbons (Fsp3) is 0.214. The van der Waals surface area contributed by atoms with Crippen molar-refractivity contribution in [2.75, 3.05) is 0 Å². The quantitative estimate of drug-likeness (QED) is 0.140. The first-order chi connectivity index (χ1) is 17.7. The molecule has 0 amide bonds. The summed E-state index contributed by atoms with van der Waals surface area (Å²) in [7, 11) is 0. The molecule has 0 unspecified atom stereocenters. The van der Waals surface area contributed by atoms with Crippen LogP contribution in [0, 0.1) is 0 Å². The van der Waals surface area contributed by atoms with Gasteiger partial charge in [0.05, 0.1) is 35.7 Å². The van der Waals surface area contributed by atoms with E-state index in [2.05, 4.69) is 29.6 Å². The largest absolute Gasteiger partial charge is 0.508 e. The van der Waals surface area contributed by atoms with Crippen LogP contribution >= 0.6 is 0 Å². The van der Waals surface area contributed by atoms with Crippen molar-refractivity contribution in [1.29, 1.82) is 0 Å². The number of aryl methyl sites for hydroxylation is 2. The maximum Gasteiger partial charge on any atom is 0.350 e. The first kappa shape index (κ1) is 24.7. The van der Waals surface area contributed by atoms with Crippen molar-refractivity contribution >= 4 is 23.0 Å². The number of nitrogens with zero attached hydrogens (tertiary/aromatic N) is 6. The van der Waals surface area contributed by atoms with E-state index < -0.39 is 0 Å². The highest BCUT2D eigenvalue weighted by atomic mass is 16.3. The van der Waals surface area contributed by atoms with Crippen LogP contribution in [-0.2, 0) is 13.1 Å². The smallest absolute Gasteiger partial charge is 0.350 e. The van der Waals surface area contributed by atoms with Crippen LogP contribution in [0.5, 0.6) is 11.5 Å². The van der Waals surface area contributed by atoms with Gasteiger partial charge in [-0.25, -0.2) is 9.13 Å². The van der Waals surface area contributed by atoms with Crippen molar-refractivity contribution in [3.63, 3.8) is 0 Å². The molecule has 0 radical (unpaired) electrons. The average Bonchev–Trinajstić information content (AvgIpc) is 2.91. The van der Waals surface area contributed by atoms with Gasteiger partial charge in [-0.1, -0.05) is 12.1 Å². The predicted molar refractivity (Wildman–Crippen MR) is 136 cm³/mol. The third-order valence-corrected chi connectivity index (χ3v) is 5.62. The third-order valence-electron chi connectivity index (χ3n) is 5.62. The van der Waals surface area contributed by atoms with E-state index >= 15 is 0 Å². The van der Waals surface area contributed by atoms with Gasteiger partial charge in [0.1, 0.15) is 22.9 Å². The Kier molecular flexibility index (Phi) is 8.80. The minimum Gasteiger partial charge on any atom is -0.508 e. The first-order valence-corrected chi connectivity index (χ1v) is 12.1. The first-order valence-electron chi connectivity index (χ1n) is 12.1. The van der Waals surface area contributed by atoms with Gasteiger partial charge in [0, 0.05) is 12.1 Å². The molecule has 2 aromatic heterocycles. The maximum absolute atomic E-state index is 9.40. The van der Waals surface area contributed by atoms with E-state index in [1.807, 2.05) is 48.8 Å². The van der Waals surface area contributed by atoms with E-state index in [1.165, 1.54) is 0 Å². The topological polar surface area (TPSA) is 97.7 Å². The SMILES string of the molecule is Oc1ccc(N=Nc2cccc[n+]2CCCCCC[n+]2ccccc2N=Nc2ccc(O)cc2)cc1. The lowest BCUT2D eigenvalue weighted by Gasteiger charge is -2.03. The van der Waals surface area contributed by atoms with E-state index in [1.54, 1.807) is 48.5 Å². The number of rotatable bonds is 11. The Hall–Kier alpha value is -4.46. The minimum absolute atomic E-state index is 0.212. The monoisotopic (exact) mass is 482 g/mol. The zero-order valence-electron chi connectivity index (χ0n) is 20.1. The van der Waals surface area contributed by atoms with Gasteiger partial charge >= 0.3 is 11.6 Å². The number of azo groups is 2. The van der Waals surface area contributed by atoms with Crippen molar-refractivity contribution in [2.45, 2.75) is 38.8 Å². The number of aromatic nitrogens is 2. The Morgan fingerprint density at radius 1 is 0.472 bits per heavy atom. The molecule has 0 spiro atoms. The number of aromatic hydroxyl groups is 2. The molecule has 0 aliphatic heterocycles. The van der Waals surface area contributed by atoms with Crippen LogP contribution < -0.4 is 9.13 Å². The summed E-state index contributed by atoms with van der Waals surface area (Å²) in [5.74, 6) is 2.02. The summed E-state index contributed by atoms with van der Waals surface area (Å²) in [6.07, 6.45) is 8.35. The van der Waals surface area contributed by atoms with Crippen molar-refractivity contribution in [3.05, 3.63) is 97.3 Å². The van der Waals surface area contributed by atoms with Crippen LogP contribution in [0.2, 0.25) is 0 Å². The van der Waals surface area contributed by atoms with Crippen LogP contribution in [-0.4, -0.2) is 10.2 Å². The Morgan fingerprint density at radius 2 is 0.889 bits per heavy atom. The highest BCUT2D eigenvalue weighted by Gasteiger charge is 2.10. The molecule has 182 valence electrons. The summed E-state index contributed by atoms with van der Waals surface area (Å²) in [6.45, 7) is 1.74. The van der Waals surface area contributed by atoms with Crippen LogP contribution in [0.25, 0.3) is 0 Å². The summed E-state index contributed by atoms with van der Waals surface area (Å²) in [5.41, 5.74) is 1.40. The zero-order chi connectivity index (χ0) is 25.0. The second-order valence-corrected chi connectivity index (χ2v) is 8.35. The lowest BCUT2D eigenvalue weighted by Crippen LogP contribution is -2.34. The van der Waals surface area contributed by atoms with Gasteiger partial charge < -0.3 is 10.2 Å². The van der Waals surface area contributed by atoms with Gasteiger partial charge in [-0.3, -0.25) is 0 Å². The van der Waals surface area contributed by atoms with Gasteiger partial charge in [0.15, 0.2) is 0 Å². The predicted octanol–water partition coefficient (Wildman–Crippen LogP) is 6.76. The molecule has 2 aromatic carbocycles. The molecule has 4 rings (SSSR count). The summed E-state index contributed by atoms with van der Waals surface area (Å²) in [6, 6.07) is 25.1. The van der Waals surface area contributed by atoms with Crippen LogP contribution in [0.4, 0.5) is 23.0 Å². The van der Waals surface area contributed by atoms with Gasteiger partial charge in [0.2, 0.25) is 0 Å². The molecule has 36 heavy (non-hydrogen) atoms. The van der Waals surface area contributed by atoms with Crippen LogP contribution in [0.3, 0.4) is 0 Å². The van der Waals surface area contributed by atoms with Crippen molar-refractivity contribution in [1.82, 2.24) is 0 Å². The second kappa shape index (κ2) is 12.9. The molecule has 0 bridgehead atoms. The molecule has 8 heteroatoms. The summed E-state index contributed by atoms with van der Waals surface area (Å²) < 4.78 is 4.22. The number of phenolic OH excluding ortho intramolecular Hbond substituents is 2. The van der Waals surface area contributed by atoms with E-state index in [9.17, 15) is 10.2 Å². The number of unbranched alkanes of at least 4 members (excludes halogenated alkanes) is 3. The molecule has 0 aliphatic carbocycles. The summed E-state index contributed by atoms with van der Waals surface area (Å²) >= 11 is 0. The molecule has 0 saturated heterocycles. The molecule has 2 heterocycles. The number of hydrogen-bond acceptors (Lipinski definition) is 6. The molecular weight excluding hydrogens is 452 g/mol. The molecule has 8 nitrogen and oxygen atoms in total. The highest BCUT2D eigenvalue weighted by molar-refractivity contribution is 5.41.